The molecule has 3 heterocycles. The van der Waals surface area contributed by atoms with Gasteiger partial charge in [-0.1, -0.05) is 6.07 Å². The Morgan fingerprint density at radius 3 is 2.83 bits per heavy atom. The maximum Gasteiger partial charge on any atom is 0.113 e. The molecule has 0 amide bonds. The lowest BCUT2D eigenvalue weighted by atomic mass is 10.0. The molecular weight excluding hydrogens is 226 g/mol. The molecule has 92 valence electrons. The van der Waals surface area contributed by atoms with Crippen LogP contribution in [-0.2, 0) is 4.74 Å². The number of morpholine rings is 1. The number of pyridine rings is 2. The highest BCUT2D eigenvalue weighted by molar-refractivity contribution is 5.62. The normalized spacial score (nSPS) is 19.7. The molecule has 2 aromatic heterocycles. The van der Waals surface area contributed by atoms with Gasteiger partial charge in [0.1, 0.15) is 6.10 Å². The van der Waals surface area contributed by atoms with Crippen LogP contribution < -0.4 is 5.32 Å². The van der Waals surface area contributed by atoms with Gasteiger partial charge in [-0.2, -0.15) is 0 Å². The smallest absolute Gasteiger partial charge is 0.113 e. The lowest BCUT2D eigenvalue weighted by molar-refractivity contribution is 0.0254. The van der Waals surface area contributed by atoms with Gasteiger partial charge in [0.15, 0.2) is 0 Å². The van der Waals surface area contributed by atoms with Crippen LogP contribution in [0.2, 0.25) is 0 Å². The summed E-state index contributed by atoms with van der Waals surface area (Å²) in [4.78, 5) is 8.86. The second-order valence-electron chi connectivity index (χ2n) is 4.21. The average Bonchev–Trinajstić information content (AvgIpc) is 2.49. The Labute approximate surface area is 106 Å². The van der Waals surface area contributed by atoms with Gasteiger partial charge >= 0.3 is 0 Å². The van der Waals surface area contributed by atoms with E-state index in [9.17, 15) is 0 Å². The Morgan fingerprint density at radius 1 is 1.11 bits per heavy atom. The third kappa shape index (κ3) is 2.25. The van der Waals surface area contributed by atoms with Crippen LogP contribution in [0.1, 0.15) is 11.8 Å². The number of rotatable bonds is 2. The third-order valence-corrected chi connectivity index (χ3v) is 3.01. The van der Waals surface area contributed by atoms with Crippen LogP contribution in [0.4, 0.5) is 0 Å². The number of hydrogen-bond donors (Lipinski definition) is 1. The highest BCUT2D eigenvalue weighted by Crippen LogP contribution is 2.27. The monoisotopic (exact) mass is 241 g/mol. The first kappa shape index (κ1) is 11.3. The van der Waals surface area contributed by atoms with Gasteiger partial charge in [-0.15, -0.1) is 0 Å². The van der Waals surface area contributed by atoms with Crippen LogP contribution in [0.5, 0.6) is 0 Å². The lowest BCUT2D eigenvalue weighted by Gasteiger charge is -2.24. The molecule has 4 heteroatoms. The summed E-state index contributed by atoms with van der Waals surface area (Å²) in [5.41, 5.74) is 2.95. The van der Waals surface area contributed by atoms with E-state index in [-0.39, 0.29) is 6.10 Å². The minimum Gasteiger partial charge on any atom is -0.369 e. The summed E-state index contributed by atoms with van der Waals surface area (Å²) in [6, 6.07) is 9.88. The molecule has 4 nitrogen and oxygen atoms in total. The molecule has 0 radical (unpaired) electrons. The van der Waals surface area contributed by atoms with E-state index in [4.69, 9.17) is 4.74 Å². The highest BCUT2D eigenvalue weighted by atomic mass is 16.5. The van der Waals surface area contributed by atoms with Crippen molar-refractivity contribution in [2.45, 2.75) is 6.10 Å². The van der Waals surface area contributed by atoms with Crippen LogP contribution in [0, 0.1) is 0 Å². The molecule has 0 bridgehead atoms. The summed E-state index contributed by atoms with van der Waals surface area (Å²) in [7, 11) is 0. The van der Waals surface area contributed by atoms with Crippen LogP contribution >= 0.6 is 0 Å². The Kier molecular flexibility index (Phi) is 3.30. The molecule has 1 unspecified atom stereocenters. The summed E-state index contributed by atoms with van der Waals surface area (Å²) in [6.07, 6.45) is 3.61. The molecule has 0 aromatic carbocycles. The molecule has 1 aliphatic heterocycles. The number of aromatic nitrogens is 2. The summed E-state index contributed by atoms with van der Waals surface area (Å²) >= 11 is 0. The van der Waals surface area contributed by atoms with Gasteiger partial charge in [0.25, 0.3) is 0 Å². The van der Waals surface area contributed by atoms with Crippen molar-refractivity contribution in [2.75, 3.05) is 19.7 Å². The fourth-order valence-electron chi connectivity index (χ4n) is 2.15. The van der Waals surface area contributed by atoms with E-state index in [1.165, 1.54) is 0 Å². The van der Waals surface area contributed by atoms with Crippen LogP contribution in [-0.4, -0.2) is 29.7 Å². The number of nitrogens with zero attached hydrogens (tertiary/aromatic N) is 2. The fourth-order valence-corrected chi connectivity index (χ4v) is 2.15. The van der Waals surface area contributed by atoms with Crippen molar-refractivity contribution in [3.63, 3.8) is 0 Å². The second kappa shape index (κ2) is 5.25. The Bertz CT molecular complexity index is 509. The van der Waals surface area contributed by atoms with Crippen molar-refractivity contribution >= 4 is 0 Å². The highest BCUT2D eigenvalue weighted by Gasteiger charge is 2.20. The molecule has 18 heavy (non-hydrogen) atoms. The molecule has 1 aliphatic rings. The van der Waals surface area contributed by atoms with Gasteiger partial charge in [-0.25, -0.2) is 0 Å². The zero-order valence-electron chi connectivity index (χ0n) is 10.0. The first-order valence-electron chi connectivity index (χ1n) is 6.14. The minimum absolute atomic E-state index is 0.0111. The molecular formula is C14H15N3O. The molecule has 1 fully saturated rings. The molecule has 0 spiro atoms. The fraction of sp³-hybridized carbons (Fsp3) is 0.286. The molecule has 1 saturated heterocycles. The zero-order chi connectivity index (χ0) is 12.2. The van der Waals surface area contributed by atoms with E-state index in [1.807, 2.05) is 30.3 Å². The van der Waals surface area contributed by atoms with Crippen molar-refractivity contribution in [3.05, 3.63) is 48.4 Å². The van der Waals surface area contributed by atoms with Crippen LogP contribution in [0.15, 0.2) is 42.7 Å². The Hall–Kier alpha value is -1.78. The van der Waals surface area contributed by atoms with Gasteiger partial charge in [0, 0.05) is 31.0 Å². The van der Waals surface area contributed by atoms with Crippen LogP contribution in [0.3, 0.4) is 0 Å². The summed E-state index contributed by atoms with van der Waals surface area (Å²) in [6.45, 7) is 2.43. The van der Waals surface area contributed by atoms with Gasteiger partial charge in [-0.3, -0.25) is 9.97 Å². The van der Waals surface area contributed by atoms with Gasteiger partial charge in [0.2, 0.25) is 0 Å². The first-order chi connectivity index (χ1) is 8.95. The second-order valence-corrected chi connectivity index (χ2v) is 4.21. The standard InChI is InChI=1S/C14H15N3O/c1-2-6-16-12(5-1)11-4-3-7-17-14(11)13-10-15-8-9-18-13/h1-7,13,15H,8-10H2. The van der Waals surface area contributed by atoms with Gasteiger partial charge < -0.3 is 10.1 Å². The molecule has 2 aromatic rings. The topological polar surface area (TPSA) is 47.0 Å². The quantitative estimate of drug-likeness (QED) is 0.871. The van der Waals surface area contributed by atoms with Gasteiger partial charge in [-0.05, 0) is 24.3 Å². The number of ether oxygens (including phenoxy) is 1. The lowest BCUT2D eigenvalue weighted by Crippen LogP contribution is -2.34. The van der Waals surface area contributed by atoms with E-state index in [0.29, 0.717) is 0 Å². The van der Waals surface area contributed by atoms with Gasteiger partial charge in [0.05, 0.1) is 18.0 Å². The van der Waals surface area contributed by atoms with E-state index >= 15 is 0 Å². The van der Waals surface area contributed by atoms with Crippen molar-refractivity contribution in [3.8, 4) is 11.3 Å². The predicted octanol–water partition coefficient (Wildman–Crippen LogP) is 1.80. The molecule has 1 atom stereocenters. The minimum atomic E-state index is 0.0111. The van der Waals surface area contributed by atoms with Crippen molar-refractivity contribution in [1.29, 1.82) is 0 Å². The first-order valence-corrected chi connectivity index (χ1v) is 6.14. The van der Waals surface area contributed by atoms with Crippen molar-refractivity contribution in [2.24, 2.45) is 0 Å². The van der Waals surface area contributed by atoms with Crippen molar-refractivity contribution < 1.29 is 4.74 Å². The van der Waals surface area contributed by atoms with Crippen molar-refractivity contribution in [1.82, 2.24) is 15.3 Å². The SMILES string of the molecule is c1ccc(-c2cccnc2C2CNCCO2)nc1. The zero-order valence-corrected chi connectivity index (χ0v) is 10.0. The summed E-state index contributed by atoms with van der Waals surface area (Å²) in [5.74, 6) is 0. The maximum atomic E-state index is 5.77. The van der Waals surface area contributed by atoms with E-state index in [2.05, 4.69) is 15.3 Å². The predicted molar refractivity (Wildman–Crippen MR) is 69.0 cm³/mol. The van der Waals surface area contributed by atoms with E-state index in [0.717, 1.165) is 36.6 Å². The molecule has 3 rings (SSSR count). The number of nitrogens with one attached hydrogen (secondary N) is 1. The summed E-state index contributed by atoms with van der Waals surface area (Å²) in [5, 5.41) is 3.33. The molecule has 1 N–H and O–H groups in total. The van der Waals surface area contributed by atoms with E-state index in [1.54, 1.807) is 12.4 Å². The Balaban J connectivity index is 1.99. The average molecular weight is 241 g/mol. The third-order valence-electron chi connectivity index (χ3n) is 3.01. The number of hydrogen-bond acceptors (Lipinski definition) is 4. The largest absolute Gasteiger partial charge is 0.369 e. The Morgan fingerprint density at radius 2 is 2.06 bits per heavy atom. The van der Waals surface area contributed by atoms with E-state index < -0.39 is 0 Å². The summed E-state index contributed by atoms with van der Waals surface area (Å²) < 4.78 is 5.77. The van der Waals surface area contributed by atoms with Crippen LogP contribution in [0.25, 0.3) is 11.3 Å². The molecule has 0 saturated carbocycles. The molecule has 0 aliphatic carbocycles. The maximum absolute atomic E-state index is 5.77.